The Morgan fingerprint density at radius 3 is 2.68 bits per heavy atom. The molecule has 0 aliphatic heterocycles. The van der Waals surface area contributed by atoms with Gasteiger partial charge in [-0.3, -0.25) is 0 Å². The molecule has 4 rings (SSSR count). The van der Waals surface area contributed by atoms with Crippen molar-refractivity contribution in [2.75, 3.05) is 11.1 Å². The Hall–Kier alpha value is -4.33. The number of esters is 1. The summed E-state index contributed by atoms with van der Waals surface area (Å²) in [6, 6.07) is 19.3. The van der Waals surface area contributed by atoms with Gasteiger partial charge in [0.2, 0.25) is 11.9 Å². The van der Waals surface area contributed by atoms with E-state index in [0.29, 0.717) is 5.69 Å². The molecular formula is C23H20N6O2. The second-order valence-corrected chi connectivity index (χ2v) is 6.74. The zero-order chi connectivity index (χ0) is 21.6. The Kier molecular flexibility index (Phi) is 5.79. The lowest BCUT2D eigenvalue weighted by atomic mass is 10.2. The Labute approximate surface area is 178 Å². The van der Waals surface area contributed by atoms with Crippen LogP contribution >= 0.6 is 0 Å². The maximum Gasteiger partial charge on any atom is 0.331 e. The Morgan fingerprint density at radius 2 is 1.81 bits per heavy atom. The van der Waals surface area contributed by atoms with Gasteiger partial charge in [-0.2, -0.15) is 15.0 Å². The molecule has 0 spiro atoms. The predicted molar refractivity (Wildman–Crippen MR) is 119 cm³/mol. The van der Waals surface area contributed by atoms with Crippen LogP contribution in [0.15, 0.2) is 66.7 Å². The molecule has 0 fully saturated rings. The van der Waals surface area contributed by atoms with E-state index in [1.165, 1.54) is 6.08 Å². The summed E-state index contributed by atoms with van der Waals surface area (Å²) >= 11 is 0. The number of para-hydroxylation sites is 2. The van der Waals surface area contributed by atoms with Gasteiger partial charge < -0.3 is 15.8 Å². The number of benzene rings is 2. The number of nitrogens with zero attached hydrogens (tertiary/aromatic N) is 4. The highest BCUT2D eigenvalue weighted by Crippen LogP contribution is 2.18. The molecule has 0 radical (unpaired) electrons. The molecule has 2 aromatic carbocycles. The normalized spacial score (nSPS) is 11.0. The van der Waals surface area contributed by atoms with Crippen LogP contribution in [0.1, 0.15) is 17.1 Å². The maximum atomic E-state index is 12.1. The number of hydrogen-bond acceptors (Lipinski definition) is 8. The van der Waals surface area contributed by atoms with Crippen LogP contribution in [-0.2, 0) is 16.1 Å². The number of hydrogen-bond donors (Lipinski definition) is 2. The first-order valence-electron chi connectivity index (χ1n) is 9.60. The number of anilines is 3. The molecule has 2 heterocycles. The van der Waals surface area contributed by atoms with E-state index in [1.807, 2.05) is 67.6 Å². The molecule has 3 N–H and O–H groups in total. The van der Waals surface area contributed by atoms with Crippen LogP contribution < -0.4 is 11.1 Å². The molecular weight excluding hydrogens is 392 g/mol. The van der Waals surface area contributed by atoms with Crippen molar-refractivity contribution in [3.05, 3.63) is 83.8 Å². The van der Waals surface area contributed by atoms with Crippen molar-refractivity contribution >= 4 is 40.5 Å². The van der Waals surface area contributed by atoms with Gasteiger partial charge in [0.15, 0.2) is 12.4 Å². The van der Waals surface area contributed by atoms with Crippen LogP contribution in [0.2, 0.25) is 0 Å². The number of rotatable bonds is 6. The first-order valence-corrected chi connectivity index (χ1v) is 9.60. The number of fused-ring (bicyclic) bond motifs is 1. The first kappa shape index (κ1) is 20.0. The van der Waals surface area contributed by atoms with Crippen molar-refractivity contribution in [2.45, 2.75) is 13.5 Å². The molecule has 0 aliphatic carbocycles. The molecule has 0 amide bonds. The van der Waals surface area contributed by atoms with E-state index in [9.17, 15) is 4.79 Å². The molecule has 2 aromatic heterocycles. The molecule has 154 valence electrons. The number of aryl methyl sites for hydroxylation is 1. The predicted octanol–water partition coefficient (Wildman–Crippen LogP) is 3.81. The summed E-state index contributed by atoms with van der Waals surface area (Å²) in [4.78, 5) is 29.0. The minimum atomic E-state index is -0.539. The summed E-state index contributed by atoms with van der Waals surface area (Å²) in [6.07, 6.45) is 2.91. The van der Waals surface area contributed by atoms with Crippen LogP contribution in [0.25, 0.3) is 17.0 Å². The van der Waals surface area contributed by atoms with E-state index in [-0.39, 0.29) is 24.3 Å². The number of carbonyl (C=O) groups is 1. The summed E-state index contributed by atoms with van der Waals surface area (Å²) in [7, 11) is 0. The van der Waals surface area contributed by atoms with E-state index in [0.717, 1.165) is 22.2 Å². The third-order valence-corrected chi connectivity index (χ3v) is 4.44. The maximum absolute atomic E-state index is 12.1. The van der Waals surface area contributed by atoms with Gasteiger partial charge in [0.1, 0.15) is 0 Å². The Balaban J connectivity index is 1.40. The highest BCUT2D eigenvalue weighted by Gasteiger charge is 2.08. The molecule has 0 saturated carbocycles. The minimum absolute atomic E-state index is 0.0352. The number of nitrogens with two attached hydrogens (primary N) is 1. The number of carbonyl (C=O) groups excluding carboxylic acids is 1. The third-order valence-electron chi connectivity index (χ3n) is 4.44. The van der Waals surface area contributed by atoms with E-state index in [4.69, 9.17) is 10.5 Å². The second-order valence-electron chi connectivity index (χ2n) is 6.74. The molecule has 4 aromatic rings. The van der Waals surface area contributed by atoms with Crippen LogP contribution in [-0.4, -0.2) is 25.9 Å². The van der Waals surface area contributed by atoms with Crippen molar-refractivity contribution < 1.29 is 9.53 Å². The Bertz CT molecular complexity index is 1270. The lowest BCUT2D eigenvalue weighted by molar-refractivity contribution is -0.139. The van der Waals surface area contributed by atoms with Gasteiger partial charge in [-0.15, -0.1) is 0 Å². The minimum Gasteiger partial charge on any atom is -0.454 e. The van der Waals surface area contributed by atoms with Gasteiger partial charge >= 0.3 is 5.97 Å². The van der Waals surface area contributed by atoms with Gasteiger partial charge in [0.25, 0.3) is 0 Å². The molecule has 0 aliphatic rings. The van der Waals surface area contributed by atoms with Crippen molar-refractivity contribution in [3.8, 4) is 0 Å². The lowest BCUT2D eigenvalue weighted by Crippen LogP contribution is -2.10. The van der Waals surface area contributed by atoms with Gasteiger partial charge in [0, 0.05) is 17.1 Å². The fraction of sp³-hybridized carbons (Fsp3) is 0.0870. The number of pyridine rings is 1. The average Bonchev–Trinajstić information content (AvgIpc) is 2.77. The topological polar surface area (TPSA) is 116 Å². The highest BCUT2D eigenvalue weighted by molar-refractivity contribution is 5.87. The quantitative estimate of drug-likeness (QED) is 0.363. The van der Waals surface area contributed by atoms with Gasteiger partial charge in [-0.05, 0) is 36.8 Å². The van der Waals surface area contributed by atoms with Gasteiger partial charge in [-0.25, -0.2) is 9.78 Å². The largest absolute Gasteiger partial charge is 0.454 e. The SMILES string of the molecule is Cc1ccccc1Nc1nc(N)nc(COC(=O)/C=C/c2ccc3ccccc3n2)n1. The molecule has 0 bridgehead atoms. The van der Waals surface area contributed by atoms with Crippen LogP contribution in [0.3, 0.4) is 0 Å². The average molecular weight is 412 g/mol. The zero-order valence-electron chi connectivity index (χ0n) is 16.8. The highest BCUT2D eigenvalue weighted by atomic mass is 16.5. The summed E-state index contributed by atoms with van der Waals surface area (Å²) in [5, 5.41) is 4.13. The second kappa shape index (κ2) is 9.00. The fourth-order valence-electron chi connectivity index (χ4n) is 2.90. The van der Waals surface area contributed by atoms with Gasteiger partial charge in [0.05, 0.1) is 11.2 Å². The smallest absolute Gasteiger partial charge is 0.331 e. The monoisotopic (exact) mass is 412 g/mol. The van der Waals surface area contributed by atoms with Crippen molar-refractivity contribution in [3.63, 3.8) is 0 Å². The van der Waals surface area contributed by atoms with Gasteiger partial charge in [-0.1, -0.05) is 42.5 Å². The van der Waals surface area contributed by atoms with Crippen molar-refractivity contribution in [1.82, 2.24) is 19.9 Å². The Morgan fingerprint density at radius 1 is 1.00 bits per heavy atom. The third kappa shape index (κ3) is 5.18. The first-order chi connectivity index (χ1) is 15.1. The summed E-state index contributed by atoms with van der Waals surface area (Å²) < 4.78 is 5.23. The molecule has 0 unspecified atom stereocenters. The summed E-state index contributed by atoms with van der Waals surface area (Å²) in [5.41, 5.74) is 9.16. The van der Waals surface area contributed by atoms with Crippen LogP contribution in [0.5, 0.6) is 0 Å². The number of nitrogen functional groups attached to an aromatic ring is 1. The summed E-state index contributed by atoms with van der Waals surface area (Å²) in [6.45, 7) is 1.83. The van der Waals surface area contributed by atoms with E-state index >= 15 is 0 Å². The standard InChI is InChI=1S/C23H20N6O2/c1-15-6-2-4-8-18(15)26-23-28-20(27-22(24)29-23)14-31-21(30)13-12-17-11-10-16-7-3-5-9-19(16)25-17/h2-13H,14H2,1H3,(H3,24,26,27,28,29)/b13-12+. The zero-order valence-corrected chi connectivity index (χ0v) is 16.8. The molecule has 8 nitrogen and oxygen atoms in total. The van der Waals surface area contributed by atoms with Crippen molar-refractivity contribution in [2.24, 2.45) is 0 Å². The molecule has 0 saturated heterocycles. The van der Waals surface area contributed by atoms with E-state index in [2.05, 4.69) is 25.3 Å². The molecule has 8 heteroatoms. The van der Waals surface area contributed by atoms with Crippen molar-refractivity contribution in [1.29, 1.82) is 0 Å². The fourth-order valence-corrected chi connectivity index (χ4v) is 2.90. The van der Waals surface area contributed by atoms with Crippen LogP contribution in [0, 0.1) is 6.92 Å². The van der Waals surface area contributed by atoms with E-state index in [1.54, 1.807) is 6.08 Å². The number of aromatic nitrogens is 4. The molecule has 31 heavy (non-hydrogen) atoms. The van der Waals surface area contributed by atoms with Crippen LogP contribution in [0.4, 0.5) is 17.6 Å². The molecule has 0 atom stereocenters. The van der Waals surface area contributed by atoms with E-state index < -0.39 is 5.97 Å². The number of nitrogens with one attached hydrogen (secondary N) is 1. The number of ether oxygens (including phenoxy) is 1. The lowest BCUT2D eigenvalue weighted by Gasteiger charge is -2.09. The summed E-state index contributed by atoms with van der Waals surface area (Å²) in [5.74, 6) is 0.0216.